The number of ether oxygens (including phenoxy) is 2. The Bertz CT molecular complexity index is 2230. The van der Waals surface area contributed by atoms with Gasteiger partial charge in [0.05, 0.1) is 35.6 Å². The van der Waals surface area contributed by atoms with Crippen molar-refractivity contribution in [2.75, 3.05) is 62.8 Å². The maximum absolute atomic E-state index is 12.9. The van der Waals surface area contributed by atoms with Gasteiger partial charge in [0.2, 0.25) is 0 Å². The Hall–Kier alpha value is -4.50. The van der Waals surface area contributed by atoms with Crippen molar-refractivity contribution in [1.82, 2.24) is 30.4 Å². The molecule has 2 atom stereocenters. The number of para-hydroxylation sites is 1. The summed E-state index contributed by atoms with van der Waals surface area (Å²) in [6.45, 7) is 15.5. The van der Waals surface area contributed by atoms with E-state index in [1.54, 1.807) is 17.4 Å². The van der Waals surface area contributed by atoms with Crippen LogP contribution in [0.3, 0.4) is 0 Å². The molecule has 13 nitrogen and oxygen atoms in total. The number of aromatic nitrogens is 4. The van der Waals surface area contributed by atoms with E-state index >= 15 is 0 Å². The van der Waals surface area contributed by atoms with Crippen LogP contribution in [0.2, 0.25) is 0 Å². The van der Waals surface area contributed by atoms with Crippen LogP contribution in [0.15, 0.2) is 42.1 Å². The summed E-state index contributed by atoms with van der Waals surface area (Å²) >= 11 is 1.57. The molecule has 6 aliphatic rings. The molecule has 5 fully saturated rings. The third-order valence-corrected chi connectivity index (χ3v) is 14.4. The van der Waals surface area contributed by atoms with Crippen LogP contribution >= 0.6 is 11.3 Å². The van der Waals surface area contributed by atoms with Crippen molar-refractivity contribution in [1.29, 1.82) is 5.41 Å². The Morgan fingerprint density at radius 2 is 1.79 bits per heavy atom. The van der Waals surface area contributed by atoms with Crippen molar-refractivity contribution >= 4 is 61.9 Å². The number of allylic oxidation sites excluding steroid dienone is 2. The highest BCUT2D eigenvalue weighted by Crippen LogP contribution is 2.71. The Labute approximate surface area is 344 Å². The fraction of sp³-hybridized carbons (Fsp3) is 0.545. The summed E-state index contributed by atoms with van der Waals surface area (Å²) in [6, 6.07) is 11.7. The molecular weight excluding hydrogens is 751 g/mol. The molecule has 58 heavy (non-hydrogen) atoms. The van der Waals surface area contributed by atoms with Crippen LogP contribution < -0.4 is 15.5 Å². The van der Waals surface area contributed by atoms with E-state index < -0.39 is 5.97 Å². The highest BCUT2D eigenvalue weighted by molar-refractivity contribution is 7.22. The first-order valence-corrected chi connectivity index (χ1v) is 21.6. The second-order valence-electron chi connectivity index (χ2n) is 18.4. The van der Waals surface area contributed by atoms with Crippen molar-refractivity contribution in [2.45, 2.75) is 84.7 Å². The zero-order valence-corrected chi connectivity index (χ0v) is 34.9. The minimum atomic E-state index is -1.14. The van der Waals surface area contributed by atoms with Gasteiger partial charge >= 0.3 is 5.97 Å². The van der Waals surface area contributed by atoms with Crippen molar-refractivity contribution in [2.24, 2.45) is 16.2 Å². The summed E-state index contributed by atoms with van der Waals surface area (Å²) in [4.78, 5) is 26.8. The molecule has 2 aliphatic heterocycles. The van der Waals surface area contributed by atoms with E-state index in [9.17, 15) is 9.90 Å². The topological polar surface area (TPSA) is 162 Å². The number of thiazole rings is 1. The predicted molar refractivity (Wildman–Crippen MR) is 228 cm³/mol. The normalized spacial score (nSPS) is 28.3. The van der Waals surface area contributed by atoms with Crippen LogP contribution in [0.25, 0.3) is 15.8 Å². The van der Waals surface area contributed by atoms with Gasteiger partial charge in [-0.15, -0.1) is 10.2 Å². The third kappa shape index (κ3) is 7.37. The number of hydrogen-bond acceptors (Lipinski definition) is 13. The zero-order valence-electron chi connectivity index (χ0n) is 34.1. The number of benzene rings is 1. The minimum absolute atomic E-state index is 0.0495. The Balaban J connectivity index is 0.940. The second-order valence-corrected chi connectivity index (χ2v) is 19.4. The molecule has 14 heteroatoms. The SMILES string of the molecule is C/C(NCC12CC3(C)CC(C)(C1)CC(OCCN1CCOCC1)(C3)C2)=C(/C=N)c1ccc(N2CCCc3c2nnc(Nc2nc4ccccc4s2)c3C)nc1C(=O)O. The number of hydrogen-bond donors (Lipinski definition) is 4. The smallest absolute Gasteiger partial charge is 0.355 e. The van der Waals surface area contributed by atoms with Crippen molar-refractivity contribution in [3.8, 4) is 0 Å². The average molecular weight is 806 g/mol. The molecule has 1 aromatic carbocycles. The van der Waals surface area contributed by atoms with E-state index in [1.807, 2.05) is 49.1 Å². The lowest BCUT2D eigenvalue weighted by molar-refractivity contribution is -0.244. The number of aromatic carboxylic acids is 1. The molecule has 0 radical (unpaired) electrons. The summed E-state index contributed by atoms with van der Waals surface area (Å²) in [5.74, 6) is 0.682. The summed E-state index contributed by atoms with van der Waals surface area (Å²) < 4.78 is 13.6. The maximum atomic E-state index is 12.9. The van der Waals surface area contributed by atoms with Gasteiger partial charge < -0.3 is 35.5 Å². The Morgan fingerprint density at radius 1 is 1.02 bits per heavy atom. The highest BCUT2D eigenvalue weighted by atomic mass is 32.1. The van der Waals surface area contributed by atoms with Gasteiger partial charge in [0.25, 0.3) is 0 Å². The molecule has 4 N–H and O–H groups in total. The van der Waals surface area contributed by atoms with Gasteiger partial charge in [-0.3, -0.25) is 4.90 Å². The molecule has 4 aliphatic carbocycles. The molecule has 0 amide bonds. The molecular formula is C44H55N9O4S. The van der Waals surface area contributed by atoms with Gasteiger partial charge in [-0.05, 0) is 106 Å². The average Bonchev–Trinajstić information content (AvgIpc) is 3.60. The van der Waals surface area contributed by atoms with Gasteiger partial charge in [0.15, 0.2) is 22.5 Å². The Kier molecular flexibility index (Phi) is 10.1. The van der Waals surface area contributed by atoms with Crippen molar-refractivity contribution in [3.05, 3.63) is 64.5 Å². The molecule has 0 spiro atoms. The van der Waals surface area contributed by atoms with Crippen LogP contribution in [0, 0.1) is 28.6 Å². The lowest BCUT2D eigenvalue weighted by Gasteiger charge is -2.69. The summed E-state index contributed by atoms with van der Waals surface area (Å²) in [7, 11) is 0. The van der Waals surface area contributed by atoms with E-state index in [4.69, 9.17) is 24.9 Å². The van der Waals surface area contributed by atoms with Crippen molar-refractivity contribution < 1.29 is 19.4 Å². The summed E-state index contributed by atoms with van der Waals surface area (Å²) in [6.07, 6.45) is 9.66. The largest absolute Gasteiger partial charge is 0.476 e. The van der Waals surface area contributed by atoms with Gasteiger partial charge in [0, 0.05) is 66.9 Å². The standard InChI is InChI=1S/C44H55N9O4S/c1-28-30-8-7-13-53(38(30)51-50-37(28)49-40-47-33-9-5-6-10-34(33)58-40)35-12-11-31(36(48-35)39(54)55)32(20-45)29(2)46-27-43-22-41(3)21-42(4,23-43)25-44(24-41,26-43)57-19-16-52-14-17-56-18-15-52/h5-6,9-12,20,45-46H,7-8,13-19,21-27H2,1-4H3,(H,54,55)(H,47,49,50)/b32-29+,45-20?. The number of nitrogens with one attached hydrogen (secondary N) is 3. The monoisotopic (exact) mass is 805 g/mol. The number of carboxylic acid groups (broad SMARTS) is 1. The van der Waals surface area contributed by atoms with Crippen LogP contribution in [0.4, 0.5) is 22.6 Å². The third-order valence-electron chi connectivity index (χ3n) is 13.4. The first-order chi connectivity index (χ1) is 27.9. The van der Waals surface area contributed by atoms with Gasteiger partial charge in [0.1, 0.15) is 5.82 Å². The Morgan fingerprint density at radius 3 is 2.53 bits per heavy atom. The van der Waals surface area contributed by atoms with E-state index in [1.165, 1.54) is 12.6 Å². The molecule has 306 valence electrons. The minimum Gasteiger partial charge on any atom is -0.476 e. The lowest BCUT2D eigenvalue weighted by Crippen LogP contribution is -2.65. The number of morpholine rings is 1. The van der Waals surface area contributed by atoms with Crippen molar-refractivity contribution in [3.63, 3.8) is 0 Å². The van der Waals surface area contributed by atoms with Gasteiger partial charge in [-0.25, -0.2) is 14.8 Å². The van der Waals surface area contributed by atoms with Crippen LogP contribution in [0.5, 0.6) is 0 Å². The molecule has 4 bridgehead atoms. The molecule has 2 unspecified atom stereocenters. The second kappa shape index (κ2) is 15.0. The molecule has 4 aromatic rings. The van der Waals surface area contributed by atoms with Crippen LogP contribution in [0.1, 0.15) is 92.9 Å². The maximum Gasteiger partial charge on any atom is 0.355 e. The highest BCUT2D eigenvalue weighted by Gasteiger charge is 2.66. The zero-order chi connectivity index (χ0) is 40.3. The first-order valence-electron chi connectivity index (χ1n) is 20.8. The number of rotatable bonds is 13. The van der Waals surface area contributed by atoms with E-state index in [-0.39, 0.29) is 27.5 Å². The number of carboxylic acids is 1. The van der Waals surface area contributed by atoms with Crippen LogP contribution in [-0.2, 0) is 15.9 Å². The predicted octanol–water partition coefficient (Wildman–Crippen LogP) is 7.75. The van der Waals surface area contributed by atoms with Gasteiger partial charge in [-0.1, -0.05) is 37.3 Å². The fourth-order valence-electron chi connectivity index (χ4n) is 12.1. The van der Waals surface area contributed by atoms with E-state index in [2.05, 4.69) is 39.6 Å². The first kappa shape index (κ1) is 39.0. The van der Waals surface area contributed by atoms with Gasteiger partial charge in [-0.2, -0.15) is 0 Å². The number of nitrogens with zero attached hydrogens (tertiary/aromatic N) is 6. The number of anilines is 4. The lowest BCUT2D eigenvalue weighted by atomic mass is 9.39. The number of carbonyl (C=O) groups is 1. The molecule has 5 heterocycles. The molecule has 10 rings (SSSR count). The van der Waals surface area contributed by atoms with E-state index in [0.717, 1.165) is 123 Å². The molecule has 3 aromatic heterocycles. The quantitative estimate of drug-likeness (QED) is 0.0974. The summed E-state index contributed by atoms with van der Waals surface area (Å²) in [5, 5.41) is 36.1. The van der Waals surface area contributed by atoms with E-state index in [0.29, 0.717) is 35.1 Å². The van der Waals surface area contributed by atoms with Crippen LogP contribution in [-0.4, -0.2) is 101 Å². The number of pyridine rings is 1. The fourth-order valence-corrected chi connectivity index (χ4v) is 13.0. The molecule has 1 saturated heterocycles. The summed E-state index contributed by atoms with van der Waals surface area (Å²) in [5.41, 5.74) is 4.93. The number of fused-ring (bicyclic) bond motifs is 2. The molecule has 4 saturated carbocycles.